The van der Waals surface area contributed by atoms with Crippen LogP contribution < -0.4 is 0 Å². The summed E-state index contributed by atoms with van der Waals surface area (Å²) >= 11 is 1.18. The van der Waals surface area contributed by atoms with E-state index in [0.717, 1.165) is 18.8 Å². The third kappa shape index (κ3) is 3.82. The SMILES string of the molecule is COCCCn1c(C)nnc1SCC(=O)O. The highest BCUT2D eigenvalue weighted by atomic mass is 32.2. The largest absolute Gasteiger partial charge is 0.481 e. The average molecular weight is 245 g/mol. The van der Waals surface area contributed by atoms with Gasteiger partial charge in [-0.1, -0.05) is 11.8 Å². The minimum absolute atomic E-state index is 0.00239. The van der Waals surface area contributed by atoms with E-state index in [4.69, 9.17) is 9.84 Å². The first-order valence-electron chi connectivity index (χ1n) is 4.88. The molecule has 1 N–H and O–H groups in total. The number of thioether (sulfide) groups is 1. The van der Waals surface area contributed by atoms with Crippen molar-refractivity contribution in [1.82, 2.24) is 14.8 Å². The van der Waals surface area contributed by atoms with Crippen molar-refractivity contribution in [2.24, 2.45) is 0 Å². The molecular weight excluding hydrogens is 230 g/mol. The van der Waals surface area contributed by atoms with Gasteiger partial charge in [0.2, 0.25) is 0 Å². The Kier molecular flexibility index (Phi) is 5.27. The van der Waals surface area contributed by atoms with Gasteiger partial charge in [0.1, 0.15) is 5.82 Å². The Labute approximate surface area is 98.0 Å². The topological polar surface area (TPSA) is 77.2 Å². The van der Waals surface area contributed by atoms with Gasteiger partial charge in [-0.15, -0.1) is 10.2 Å². The first-order chi connectivity index (χ1) is 7.65. The highest BCUT2D eigenvalue weighted by molar-refractivity contribution is 7.99. The number of carboxylic acids is 1. The molecule has 1 rings (SSSR count). The van der Waals surface area contributed by atoms with E-state index in [9.17, 15) is 4.79 Å². The smallest absolute Gasteiger partial charge is 0.313 e. The molecule has 0 spiro atoms. The van der Waals surface area contributed by atoms with E-state index in [2.05, 4.69) is 10.2 Å². The molecule has 0 fully saturated rings. The molecule has 0 bridgehead atoms. The molecule has 0 radical (unpaired) electrons. The van der Waals surface area contributed by atoms with Gasteiger partial charge in [0.25, 0.3) is 0 Å². The van der Waals surface area contributed by atoms with E-state index in [1.807, 2.05) is 11.5 Å². The van der Waals surface area contributed by atoms with Gasteiger partial charge in [0.15, 0.2) is 5.16 Å². The van der Waals surface area contributed by atoms with Gasteiger partial charge < -0.3 is 14.4 Å². The second-order valence-electron chi connectivity index (χ2n) is 3.21. The lowest BCUT2D eigenvalue weighted by atomic mass is 10.4. The van der Waals surface area contributed by atoms with Crippen molar-refractivity contribution in [1.29, 1.82) is 0 Å². The van der Waals surface area contributed by atoms with Crippen LogP contribution in [0, 0.1) is 6.92 Å². The molecule has 0 saturated heterocycles. The molecule has 6 nitrogen and oxygen atoms in total. The number of hydrogen-bond acceptors (Lipinski definition) is 5. The fourth-order valence-corrected chi connectivity index (χ4v) is 1.95. The van der Waals surface area contributed by atoms with Crippen LogP contribution in [0.15, 0.2) is 5.16 Å². The number of carbonyl (C=O) groups is 1. The van der Waals surface area contributed by atoms with E-state index < -0.39 is 5.97 Å². The normalized spacial score (nSPS) is 10.6. The fraction of sp³-hybridized carbons (Fsp3) is 0.667. The highest BCUT2D eigenvalue weighted by Gasteiger charge is 2.10. The Hall–Kier alpha value is -1.08. The molecule has 0 aliphatic heterocycles. The van der Waals surface area contributed by atoms with Crippen LogP contribution in [0.4, 0.5) is 0 Å². The Morgan fingerprint density at radius 3 is 2.94 bits per heavy atom. The Morgan fingerprint density at radius 1 is 1.56 bits per heavy atom. The van der Waals surface area contributed by atoms with Crippen molar-refractivity contribution >= 4 is 17.7 Å². The average Bonchev–Trinajstić information content (AvgIpc) is 2.58. The van der Waals surface area contributed by atoms with Crippen molar-refractivity contribution in [2.75, 3.05) is 19.5 Å². The molecule has 7 heteroatoms. The van der Waals surface area contributed by atoms with E-state index in [1.165, 1.54) is 11.8 Å². The predicted molar refractivity (Wildman–Crippen MR) is 59.6 cm³/mol. The standard InChI is InChI=1S/C9H15N3O3S/c1-7-10-11-9(16-6-8(13)14)12(7)4-3-5-15-2/h3-6H2,1-2H3,(H,13,14). The Bertz CT molecular complexity index is 354. The number of nitrogens with zero attached hydrogens (tertiary/aromatic N) is 3. The van der Waals surface area contributed by atoms with Crippen molar-refractivity contribution in [2.45, 2.75) is 25.0 Å². The number of ether oxygens (including phenoxy) is 1. The molecule has 1 aromatic heterocycles. The summed E-state index contributed by atoms with van der Waals surface area (Å²) in [5.41, 5.74) is 0. The summed E-state index contributed by atoms with van der Waals surface area (Å²) in [5.74, 6) is -0.0549. The molecular formula is C9H15N3O3S. The van der Waals surface area contributed by atoms with Crippen LogP contribution in [0.2, 0.25) is 0 Å². The van der Waals surface area contributed by atoms with Gasteiger partial charge in [-0.25, -0.2) is 0 Å². The van der Waals surface area contributed by atoms with Gasteiger partial charge >= 0.3 is 5.97 Å². The molecule has 0 saturated carbocycles. The summed E-state index contributed by atoms with van der Waals surface area (Å²) in [7, 11) is 1.65. The van der Waals surface area contributed by atoms with Crippen LogP contribution >= 0.6 is 11.8 Å². The van der Waals surface area contributed by atoms with E-state index in [1.54, 1.807) is 7.11 Å². The zero-order chi connectivity index (χ0) is 12.0. The minimum Gasteiger partial charge on any atom is -0.481 e. The van der Waals surface area contributed by atoms with Crippen LogP contribution in [0.5, 0.6) is 0 Å². The summed E-state index contributed by atoms with van der Waals surface area (Å²) in [5, 5.41) is 17.1. The first-order valence-corrected chi connectivity index (χ1v) is 5.87. The summed E-state index contributed by atoms with van der Waals surface area (Å²) in [4.78, 5) is 10.5. The first kappa shape index (κ1) is 13.0. The van der Waals surface area contributed by atoms with Gasteiger partial charge in [-0.05, 0) is 13.3 Å². The molecule has 1 aromatic rings. The fourth-order valence-electron chi connectivity index (χ4n) is 1.22. The van der Waals surface area contributed by atoms with Crippen LogP contribution in [0.25, 0.3) is 0 Å². The molecule has 0 aliphatic rings. The van der Waals surface area contributed by atoms with Gasteiger partial charge in [-0.3, -0.25) is 4.79 Å². The summed E-state index contributed by atoms with van der Waals surface area (Å²) in [6.07, 6.45) is 0.857. The third-order valence-electron chi connectivity index (χ3n) is 1.96. The van der Waals surface area contributed by atoms with Gasteiger partial charge in [-0.2, -0.15) is 0 Å². The van der Waals surface area contributed by atoms with Crippen molar-refractivity contribution in [3.05, 3.63) is 5.82 Å². The van der Waals surface area contributed by atoms with E-state index >= 15 is 0 Å². The number of hydrogen-bond donors (Lipinski definition) is 1. The second kappa shape index (κ2) is 6.49. The number of aliphatic carboxylic acids is 1. The van der Waals surface area contributed by atoms with Gasteiger partial charge in [0.05, 0.1) is 5.75 Å². The van der Waals surface area contributed by atoms with Crippen molar-refractivity contribution < 1.29 is 14.6 Å². The molecule has 0 aromatic carbocycles. The molecule has 0 unspecified atom stereocenters. The third-order valence-corrected chi connectivity index (χ3v) is 2.91. The zero-order valence-electron chi connectivity index (χ0n) is 9.34. The molecule has 90 valence electrons. The maximum atomic E-state index is 10.5. The van der Waals surface area contributed by atoms with Crippen LogP contribution in [0.3, 0.4) is 0 Å². The number of aryl methyl sites for hydroxylation is 1. The monoisotopic (exact) mass is 245 g/mol. The minimum atomic E-state index is -0.853. The number of methoxy groups -OCH3 is 1. The van der Waals surface area contributed by atoms with Crippen molar-refractivity contribution in [3.63, 3.8) is 0 Å². The molecule has 1 heterocycles. The lowest BCUT2D eigenvalue weighted by Gasteiger charge is -2.06. The summed E-state index contributed by atoms with van der Waals surface area (Å²) in [6, 6.07) is 0. The van der Waals surface area contributed by atoms with Crippen LogP contribution in [0.1, 0.15) is 12.2 Å². The predicted octanol–water partition coefficient (Wildman–Crippen LogP) is 0.800. The lowest BCUT2D eigenvalue weighted by molar-refractivity contribution is -0.133. The number of carboxylic acid groups (broad SMARTS) is 1. The van der Waals surface area contributed by atoms with E-state index in [-0.39, 0.29) is 5.75 Å². The quantitative estimate of drug-likeness (QED) is 0.565. The molecule has 0 atom stereocenters. The molecule has 0 aliphatic carbocycles. The van der Waals surface area contributed by atoms with Crippen LogP contribution in [-0.4, -0.2) is 45.3 Å². The van der Waals surface area contributed by atoms with Crippen LogP contribution in [-0.2, 0) is 16.1 Å². The Morgan fingerprint density at radius 2 is 2.31 bits per heavy atom. The zero-order valence-corrected chi connectivity index (χ0v) is 10.2. The molecule has 16 heavy (non-hydrogen) atoms. The maximum Gasteiger partial charge on any atom is 0.313 e. The molecule has 0 amide bonds. The Balaban J connectivity index is 2.58. The maximum absolute atomic E-state index is 10.5. The lowest BCUT2D eigenvalue weighted by Crippen LogP contribution is -2.06. The summed E-state index contributed by atoms with van der Waals surface area (Å²) in [6.45, 7) is 3.26. The second-order valence-corrected chi connectivity index (χ2v) is 4.15. The van der Waals surface area contributed by atoms with Gasteiger partial charge in [0, 0.05) is 20.3 Å². The highest BCUT2D eigenvalue weighted by Crippen LogP contribution is 2.16. The van der Waals surface area contributed by atoms with Crippen molar-refractivity contribution in [3.8, 4) is 0 Å². The van der Waals surface area contributed by atoms with E-state index in [0.29, 0.717) is 11.8 Å². The number of rotatable bonds is 7. The number of aromatic nitrogens is 3. The summed E-state index contributed by atoms with van der Waals surface area (Å²) < 4.78 is 6.87.